The molecular formula is C17H16O5. The van der Waals surface area contributed by atoms with Crippen LogP contribution in [0.2, 0.25) is 0 Å². The molecule has 0 bridgehead atoms. The molecule has 114 valence electrons. The minimum atomic E-state index is -1.43. The Kier molecular flexibility index (Phi) is 3.99. The van der Waals surface area contributed by atoms with E-state index in [2.05, 4.69) is 0 Å². The lowest BCUT2D eigenvalue weighted by atomic mass is 9.71. The average molecular weight is 300 g/mol. The van der Waals surface area contributed by atoms with Gasteiger partial charge in [0.25, 0.3) is 0 Å². The van der Waals surface area contributed by atoms with Crippen LogP contribution < -0.4 is 0 Å². The summed E-state index contributed by atoms with van der Waals surface area (Å²) in [5, 5.41) is 18.9. The van der Waals surface area contributed by atoms with Crippen molar-refractivity contribution in [3.8, 4) is 0 Å². The van der Waals surface area contributed by atoms with Crippen molar-refractivity contribution in [2.45, 2.75) is 25.7 Å². The lowest BCUT2D eigenvalue weighted by molar-refractivity contribution is -0.142. The summed E-state index contributed by atoms with van der Waals surface area (Å²) in [4.78, 5) is 34.5. The van der Waals surface area contributed by atoms with Gasteiger partial charge in [-0.25, -0.2) is 4.79 Å². The molecule has 2 N–H and O–H groups in total. The maximum absolute atomic E-state index is 11.9. The number of carboxylic acids is 2. The van der Waals surface area contributed by atoms with Crippen molar-refractivity contribution in [2.75, 3.05) is 0 Å². The van der Waals surface area contributed by atoms with E-state index < -0.39 is 17.4 Å². The Hall–Kier alpha value is -2.69. The van der Waals surface area contributed by atoms with Crippen LogP contribution in [0.5, 0.6) is 0 Å². The van der Waals surface area contributed by atoms with Crippen molar-refractivity contribution in [2.24, 2.45) is 0 Å². The second-order valence-electron chi connectivity index (χ2n) is 5.45. The fourth-order valence-corrected chi connectivity index (χ4v) is 2.69. The summed E-state index contributed by atoms with van der Waals surface area (Å²) >= 11 is 0. The van der Waals surface area contributed by atoms with Gasteiger partial charge in [0, 0.05) is 17.6 Å². The number of carbonyl (C=O) groups is 3. The van der Waals surface area contributed by atoms with E-state index in [4.69, 9.17) is 0 Å². The molecule has 0 radical (unpaired) electrons. The van der Waals surface area contributed by atoms with Crippen LogP contribution in [-0.2, 0) is 15.0 Å². The van der Waals surface area contributed by atoms with E-state index in [0.29, 0.717) is 16.7 Å². The van der Waals surface area contributed by atoms with Crippen LogP contribution >= 0.6 is 0 Å². The van der Waals surface area contributed by atoms with Crippen molar-refractivity contribution in [1.82, 2.24) is 0 Å². The Labute approximate surface area is 127 Å². The summed E-state index contributed by atoms with van der Waals surface area (Å²) in [5.74, 6) is -2.36. The highest BCUT2D eigenvalue weighted by molar-refractivity contribution is 5.95. The second-order valence-corrected chi connectivity index (χ2v) is 5.45. The average Bonchev–Trinajstić information content (AvgIpc) is 2.46. The fourth-order valence-electron chi connectivity index (χ4n) is 2.69. The van der Waals surface area contributed by atoms with Crippen molar-refractivity contribution >= 4 is 17.7 Å². The number of aliphatic carboxylic acids is 2. The van der Waals surface area contributed by atoms with Gasteiger partial charge in [-0.15, -0.1) is 0 Å². The van der Waals surface area contributed by atoms with Crippen molar-refractivity contribution in [1.29, 1.82) is 0 Å². The predicted molar refractivity (Wildman–Crippen MR) is 79.9 cm³/mol. The van der Waals surface area contributed by atoms with E-state index in [9.17, 15) is 24.6 Å². The van der Waals surface area contributed by atoms with Gasteiger partial charge in [-0.05, 0) is 25.5 Å². The summed E-state index contributed by atoms with van der Waals surface area (Å²) in [6.07, 6.45) is 2.91. The molecule has 22 heavy (non-hydrogen) atoms. The van der Waals surface area contributed by atoms with E-state index in [1.165, 1.54) is 13.0 Å². The third kappa shape index (κ3) is 2.70. The third-order valence-corrected chi connectivity index (χ3v) is 3.81. The molecule has 1 aliphatic rings. The van der Waals surface area contributed by atoms with Crippen LogP contribution in [0.15, 0.2) is 47.6 Å². The molecule has 0 aliphatic heterocycles. The highest BCUT2D eigenvalue weighted by Gasteiger charge is 2.42. The molecule has 0 heterocycles. The zero-order valence-corrected chi connectivity index (χ0v) is 12.3. The zero-order chi connectivity index (χ0) is 16.5. The molecule has 2 rings (SSSR count). The number of carbonyl (C=O) groups excluding carboxylic acids is 1. The molecule has 0 aromatic heterocycles. The van der Waals surface area contributed by atoms with Gasteiger partial charge in [-0.2, -0.15) is 0 Å². The number of ketones is 1. The first kappa shape index (κ1) is 15.7. The Bertz CT molecular complexity index is 709. The van der Waals surface area contributed by atoms with Gasteiger partial charge in [0.15, 0.2) is 5.78 Å². The summed E-state index contributed by atoms with van der Waals surface area (Å²) in [5.41, 5.74) is 0.146. The smallest absolute Gasteiger partial charge is 0.331 e. The first-order chi connectivity index (χ1) is 10.3. The summed E-state index contributed by atoms with van der Waals surface area (Å²) in [6, 6.07) is 6.26. The number of rotatable bonds is 4. The van der Waals surface area contributed by atoms with Crippen LogP contribution in [-0.4, -0.2) is 27.9 Å². The molecule has 1 unspecified atom stereocenters. The molecule has 1 aliphatic carbocycles. The fraction of sp³-hybridized carbons (Fsp3) is 0.235. The van der Waals surface area contributed by atoms with E-state index in [-0.39, 0.29) is 17.8 Å². The van der Waals surface area contributed by atoms with Gasteiger partial charge in [0.05, 0.1) is 0 Å². The lowest BCUT2D eigenvalue weighted by Crippen LogP contribution is -2.37. The number of hydrogen-bond donors (Lipinski definition) is 2. The van der Waals surface area contributed by atoms with Crippen molar-refractivity contribution in [3.63, 3.8) is 0 Å². The molecule has 0 fully saturated rings. The molecule has 0 saturated carbocycles. The highest BCUT2D eigenvalue weighted by atomic mass is 16.4. The van der Waals surface area contributed by atoms with Crippen LogP contribution in [0.4, 0.5) is 0 Å². The number of allylic oxidation sites excluding steroid dienone is 2. The van der Waals surface area contributed by atoms with E-state index >= 15 is 0 Å². The first-order valence-corrected chi connectivity index (χ1v) is 6.74. The minimum absolute atomic E-state index is 0.0537. The number of hydrogen-bond acceptors (Lipinski definition) is 3. The molecule has 1 aromatic rings. The molecular weight excluding hydrogens is 284 g/mol. The standard InChI is InChI=1S/C17H16O5/c1-10-7-13(15(19)20)9-17(8-10,16(21)22)14-5-3-12(4-6-14)11(2)18/h3-8H,9H2,1-2H3,(H,19,20)(H,21,22). The number of Topliss-reactive ketones (excluding diaryl/α,β-unsaturated/α-hetero) is 1. The molecule has 1 atom stereocenters. The SMILES string of the molecule is CC(=O)c1ccc(C2(C(=O)O)C=C(C)C=C(C(=O)O)C2)cc1. The van der Waals surface area contributed by atoms with Crippen LogP contribution in [0, 0.1) is 0 Å². The van der Waals surface area contributed by atoms with E-state index in [0.717, 1.165) is 0 Å². The highest BCUT2D eigenvalue weighted by Crippen LogP contribution is 2.38. The maximum atomic E-state index is 11.9. The quantitative estimate of drug-likeness (QED) is 0.834. The Morgan fingerprint density at radius 2 is 1.68 bits per heavy atom. The Balaban J connectivity index is 2.55. The van der Waals surface area contributed by atoms with Gasteiger partial charge in [0.2, 0.25) is 0 Å². The van der Waals surface area contributed by atoms with Gasteiger partial charge >= 0.3 is 11.9 Å². The Morgan fingerprint density at radius 1 is 1.09 bits per heavy atom. The van der Waals surface area contributed by atoms with Crippen LogP contribution in [0.3, 0.4) is 0 Å². The topological polar surface area (TPSA) is 91.7 Å². The monoisotopic (exact) mass is 300 g/mol. The van der Waals surface area contributed by atoms with Crippen molar-refractivity contribution < 1.29 is 24.6 Å². The number of benzene rings is 1. The van der Waals surface area contributed by atoms with Crippen molar-refractivity contribution in [3.05, 3.63) is 58.7 Å². The molecule has 1 aromatic carbocycles. The van der Waals surface area contributed by atoms with E-state index in [1.807, 2.05) is 0 Å². The molecule has 0 spiro atoms. The van der Waals surface area contributed by atoms with Gasteiger partial charge in [-0.3, -0.25) is 9.59 Å². The summed E-state index contributed by atoms with van der Waals surface area (Å²) in [7, 11) is 0. The minimum Gasteiger partial charge on any atom is -0.480 e. The molecule has 5 nitrogen and oxygen atoms in total. The van der Waals surface area contributed by atoms with Crippen LogP contribution in [0.25, 0.3) is 0 Å². The summed E-state index contributed by atoms with van der Waals surface area (Å²) in [6.45, 7) is 3.10. The predicted octanol–water partition coefficient (Wildman–Crippen LogP) is 2.57. The van der Waals surface area contributed by atoms with Gasteiger partial charge in [-0.1, -0.05) is 35.9 Å². The van der Waals surface area contributed by atoms with Gasteiger partial charge in [0.1, 0.15) is 5.41 Å². The number of carboxylic acid groups (broad SMARTS) is 2. The second kappa shape index (κ2) is 5.60. The summed E-state index contributed by atoms with van der Waals surface area (Å²) < 4.78 is 0. The maximum Gasteiger partial charge on any atom is 0.331 e. The van der Waals surface area contributed by atoms with Crippen LogP contribution in [0.1, 0.15) is 36.2 Å². The molecule has 0 amide bonds. The van der Waals surface area contributed by atoms with E-state index in [1.54, 1.807) is 37.3 Å². The molecule has 5 heteroatoms. The largest absolute Gasteiger partial charge is 0.480 e. The molecule has 0 saturated heterocycles. The third-order valence-electron chi connectivity index (χ3n) is 3.81. The lowest BCUT2D eigenvalue weighted by Gasteiger charge is -2.30. The normalized spacial score (nSPS) is 20.8. The Morgan fingerprint density at radius 3 is 2.14 bits per heavy atom. The van der Waals surface area contributed by atoms with Gasteiger partial charge < -0.3 is 10.2 Å². The zero-order valence-electron chi connectivity index (χ0n) is 12.3. The first-order valence-electron chi connectivity index (χ1n) is 6.74.